The maximum absolute atomic E-state index is 12.9. The lowest BCUT2D eigenvalue weighted by atomic mass is 9.70. The minimum Gasteiger partial charge on any atom is -0.339 e. The second-order valence-corrected chi connectivity index (χ2v) is 8.42. The zero-order valence-corrected chi connectivity index (χ0v) is 16.9. The minimum atomic E-state index is -0.160. The molecule has 0 bridgehead atoms. The highest BCUT2D eigenvalue weighted by Gasteiger charge is 2.40. The molecule has 2 aromatic heterocycles. The molecule has 0 spiro atoms. The number of piperidine rings is 1. The summed E-state index contributed by atoms with van der Waals surface area (Å²) in [6, 6.07) is 13.6. The van der Waals surface area contributed by atoms with Crippen molar-refractivity contribution >= 4 is 17.2 Å². The van der Waals surface area contributed by atoms with Crippen molar-refractivity contribution in [1.82, 2.24) is 14.5 Å². The first-order valence-electron chi connectivity index (χ1n) is 9.44. The van der Waals surface area contributed by atoms with E-state index in [0.29, 0.717) is 18.7 Å². The minimum absolute atomic E-state index is 0.0216. The largest absolute Gasteiger partial charge is 0.339 e. The molecule has 3 heterocycles. The molecule has 0 N–H and O–H groups in total. The van der Waals surface area contributed by atoms with Crippen molar-refractivity contribution in [1.29, 1.82) is 0 Å². The van der Waals surface area contributed by atoms with Gasteiger partial charge in [0.2, 0.25) is 5.56 Å². The lowest BCUT2D eigenvalue weighted by Crippen LogP contribution is -2.46. The third kappa shape index (κ3) is 3.29. The number of hydrogen-bond donors (Lipinski definition) is 0. The molecular weight excluding hydrogens is 370 g/mol. The van der Waals surface area contributed by atoms with Crippen LogP contribution in [-0.2, 0) is 12.5 Å². The molecule has 1 amide bonds. The Morgan fingerprint density at radius 1 is 1.11 bits per heavy atom. The standard InChI is InChI=1S/C22H23N3O2S/c1-16-23-19(15-28-16)22(18-6-4-3-5-7-18)10-12-25(13-11-22)21(27)17-8-9-20(26)24(2)14-17/h3-9,14-15H,10-13H2,1-2H3. The smallest absolute Gasteiger partial charge is 0.255 e. The monoisotopic (exact) mass is 393 g/mol. The van der Waals surface area contributed by atoms with Gasteiger partial charge in [0, 0.05) is 43.2 Å². The highest BCUT2D eigenvalue weighted by atomic mass is 32.1. The molecule has 144 valence electrons. The van der Waals surface area contributed by atoms with Gasteiger partial charge in [-0.15, -0.1) is 11.3 Å². The Hall–Kier alpha value is -2.73. The Morgan fingerprint density at radius 2 is 1.82 bits per heavy atom. The molecule has 3 aromatic rings. The molecule has 0 atom stereocenters. The van der Waals surface area contributed by atoms with E-state index in [4.69, 9.17) is 4.98 Å². The van der Waals surface area contributed by atoms with Crippen LogP contribution in [-0.4, -0.2) is 33.4 Å². The van der Waals surface area contributed by atoms with Gasteiger partial charge in [0.05, 0.1) is 16.3 Å². The number of carbonyl (C=O) groups excluding carboxylic acids is 1. The summed E-state index contributed by atoms with van der Waals surface area (Å²) in [6.45, 7) is 3.35. The second-order valence-electron chi connectivity index (χ2n) is 7.36. The first kappa shape index (κ1) is 18.6. The van der Waals surface area contributed by atoms with Crippen LogP contribution in [0.5, 0.6) is 0 Å². The molecule has 5 nitrogen and oxygen atoms in total. The normalized spacial score (nSPS) is 16.1. The van der Waals surface area contributed by atoms with Gasteiger partial charge in [0.25, 0.3) is 5.91 Å². The summed E-state index contributed by atoms with van der Waals surface area (Å²) in [7, 11) is 1.67. The molecule has 1 fully saturated rings. The molecule has 1 saturated heterocycles. The molecule has 0 radical (unpaired) electrons. The molecule has 6 heteroatoms. The van der Waals surface area contributed by atoms with Crippen LogP contribution in [0.25, 0.3) is 0 Å². The van der Waals surface area contributed by atoms with Crippen LogP contribution in [0.4, 0.5) is 0 Å². The van der Waals surface area contributed by atoms with E-state index in [0.717, 1.165) is 23.5 Å². The number of rotatable bonds is 3. The predicted octanol–water partition coefficient (Wildman–Crippen LogP) is 3.37. The molecule has 1 aliphatic rings. The van der Waals surface area contributed by atoms with E-state index < -0.39 is 0 Å². The fourth-order valence-electron chi connectivity index (χ4n) is 4.03. The van der Waals surface area contributed by atoms with E-state index in [-0.39, 0.29) is 16.9 Å². The Morgan fingerprint density at radius 3 is 2.43 bits per heavy atom. The van der Waals surface area contributed by atoms with Crippen molar-refractivity contribution in [2.45, 2.75) is 25.2 Å². The van der Waals surface area contributed by atoms with Gasteiger partial charge in [0.15, 0.2) is 0 Å². The molecule has 0 unspecified atom stereocenters. The van der Waals surface area contributed by atoms with Gasteiger partial charge >= 0.3 is 0 Å². The number of carbonyl (C=O) groups is 1. The SMILES string of the molecule is Cc1nc(C2(c3ccccc3)CCN(C(=O)c3ccc(=O)n(C)c3)CC2)cs1. The van der Waals surface area contributed by atoms with E-state index in [2.05, 4.69) is 29.6 Å². The first-order valence-corrected chi connectivity index (χ1v) is 10.3. The van der Waals surface area contributed by atoms with E-state index in [1.54, 1.807) is 30.6 Å². The molecule has 0 aliphatic carbocycles. The summed E-state index contributed by atoms with van der Waals surface area (Å²) in [6.07, 6.45) is 3.28. The number of aromatic nitrogens is 2. The van der Waals surface area contributed by atoms with Crippen molar-refractivity contribution in [3.05, 3.63) is 86.2 Å². The summed E-state index contributed by atoms with van der Waals surface area (Å²) in [5, 5.41) is 3.22. The number of aryl methyl sites for hydroxylation is 2. The van der Waals surface area contributed by atoms with Gasteiger partial charge in [-0.25, -0.2) is 4.98 Å². The fourth-order valence-corrected chi connectivity index (χ4v) is 4.74. The van der Waals surface area contributed by atoms with E-state index >= 15 is 0 Å². The number of benzene rings is 1. The predicted molar refractivity (Wildman–Crippen MR) is 111 cm³/mol. The van der Waals surface area contributed by atoms with Crippen molar-refractivity contribution in [2.75, 3.05) is 13.1 Å². The van der Waals surface area contributed by atoms with Crippen LogP contribution in [0.3, 0.4) is 0 Å². The second kappa shape index (κ2) is 7.36. The molecule has 4 rings (SSSR count). The Balaban J connectivity index is 1.61. The van der Waals surface area contributed by atoms with Gasteiger partial charge in [-0.05, 0) is 31.4 Å². The molecule has 1 aliphatic heterocycles. The number of likely N-dealkylation sites (tertiary alicyclic amines) is 1. The third-order valence-electron chi connectivity index (χ3n) is 5.67. The average Bonchev–Trinajstić information content (AvgIpc) is 3.17. The Bertz CT molecular complexity index is 1050. The third-order valence-corrected chi connectivity index (χ3v) is 6.45. The van der Waals surface area contributed by atoms with Gasteiger partial charge in [-0.2, -0.15) is 0 Å². The highest BCUT2D eigenvalue weighted by molar-refractivity contribution is 7.09. The van der Waals surface area contributed by atoms with Gasteiger partial charge in [-0.1, -0.05) is 30.3 Å². The number of pyridine rings is 1. The number of amides is 1. The molecular formula is C22H23N3O2S. The molecule has 1 aromatic carbocycles. The van der Waals surface area contributed by atoms with Gasteiger partial charge in [0.1, 0.15) is 0 Å². The maximum Gasteiger partial charge on any atom is 0.255 e. The summed E-state index contributed by atoms with van der Waals surface area (Å²) in [4.78, 5) is 31.2. The van der Waals surface area contributed by atoms with E-state index in [1.165, 1.54) is 16.2 Å². The van der Waals surface area contributed by atoms with Crippen molar-refractivity contribution in [3.63, 3.8) is 0 Å². The van der Waals surface area contributed by atoms with Crippen LogP contribution >= 0.6 is 11.3 Å². The first-order chi connectivity index (χ1) is 13.5. The van der Waals surface area contributed by atoms with E-state index in [1.807, 2.05) is 17.9 Å². The van der Waals surface area contributed by atoms with Crippen molar-refractivity contribution in [3.8, 4) is 0 Å². The van der Waals surface area contributed by atoms with Gasteiger partial charge < -0.3 is 9.47 Å². The Labute approximate surface area is 168 Å². The molecule has 28 heavy (non-hydrogen) atoms. The lowest BCUT2D eigenvalue weighted by Gasteiger charge is -2.41. The zero-order chi connectivity index (χ0) is 19.7. The van der Waals surface area contributed by atoms with Gasteiger partial charge in [-0.3, -0.25) is 9.59 Å². The summed E-state index contributed by atoms with van der Waals surface area (Å²) in [5.41, 5.74) is 2.65. The van der Waals surface area contributed by atoms with Crippen LogP contribution < -0.4 is 5.56 Å². The topological polar surface area (TPSA) is 55.2 Å². The van der Waals surface area contributed by atoms with Crippen LogP contribution in [0, 0.1) is 6.92 Å². The summed E-state index contributed by atoms with van der Waals surface area (Å²) in [5.74, 6) is -0.0216. The van der Waals surface area contributed by atoms with Crippen LogP contribution in [0.15, 0.2) is 58.8 Å². The van der Waals surface area contributed by atoms with Crippen molar-refractivity contribution in [2.24, 2.45) is 7.05 Å². The number of thiazole rings is 1. The quantitative estimate of drug-likeness (QED) is 0.686. The average molecular weight is 394 g/mol. The number of nitrogens with zero attached hydrogens (tertiary/aromatic N) is 3. The maximum atomic E-state index is 12.9. The summed E-state index contributed by atoms with van der Waals surface area (Å²) < 4.78 is 1.45. The van der Waals surface area contributed by atoms with Crippen LogP contribution in [0.1, 0.15) is 39.5 Å². The van der Waals surface area contributed by atoms with Crippen LogP contribution in [0.2, 0.25) is 0 Å². The highest BCUT2D eigenvalue weighted by Crippen LogP contribution is 2.42. The van der Waals surface area contributed by atoms with E-state index in [9.17, 15) is 9.59 Å². The van der Waals surface area contributed by atoms with Crippen molar-refractivity contribution < 1.29 is 4.79 Å². The lowest BCUT2D eigenvalue weighted by molar-refractivity contribution is 0.0683. The Kier molecular flexibility index (Phi) is 4.89. The summed E-state index contributed by atoms with van der Waals surface area (Å²) >= 11 is 1.67. The zero-order valence-electron chi connectivity index (χ0n) is 16.1. The fraction of sp³-hybridized carbons (Fsp3) is 0.318. The molecule has 0 saturated carbocycles. The number of hydrogen-bond acceptors (Lipinski definition) is 4.